The largest absolute Gasteiger partial charge is 0.278 e. The van der Waals surface area contributed by atoms with Gasteiger partial charge in [-0.3, -0.25) is 5.10 Å². The van der Waals surface area contributed by atoms with E-state index >= 15 is 0 Å². The molecule has 0 saturated heterocycles. The van der Waals surface area contributed by atoms with Crippen LogP contribution in [-0.2, 0) is 0 Å². The third-order valence-electron chi connectivity index (χ3n) is 3.83. The molecule has 0 radical (unpaired) electrons. The van der Waals surface area contributed by atoms with E-state index in [0.717, 1.165) is 33.6 Å². The van der Waals surface area contributed by atoms with Crippen LogP contribution in [-0.4, -0.2) is 24.8 Å². The van der Waals surface area contributed by atoms with Gasteiger partial charge in [0.15, 0.2) is 5.65 Å². The molecule has 0 spiro atoms. The molecule has 3 aromatic heterocycles. The first-order valence-corrected chi connectivity index (χ1v) is 6.90. The molecule has 104 valence electrons. The van der Waals surface area contributed by atoms with Crippen LogP contribution >= 0.6 is 0 Å². The number of aromatic nitrogens is 5. The molecule has 5 heteroatoms. The van der Waals surface area contributed by atoms with Crippen molar-refractivity contribution in [1.82, 2.24) is 24.8 Å². The van der Waals surface area contributed by atoms with Crippen molar-refractivity contribution in [3.8, 4) is 11.3 Å². The molecule has 1 aromatic carbocycles. The second-order valence-electron chi connectivity index (χ2n) is 5.42. The molecule has 0 unspecified atom stereocenters. The number of nitrogens with one attached hydrogen (secondary N) is 1. The molecular weight excluding hydrogens is 262 g/mol. The standard InChI is InChI=1S/C16H15N5/c1-9-4-5-14-18-11(3)20-21(14)16(9)12-6-10(2)15-13(7-12)8-17-19-15/h4-8H,1-3H3,(H,17,19). The Morgan fingerprint density at radius 3 is 2.76 bits per heavy atom. The van der Waals surface area contributed by atoms with Gasteiger partial charge in [0.2, 0.25) is 0 Å². The van der Waals surface area contributed by atoms with Crippen LogP contribution in [0, 0.1) is 20.8 Å². The molecular formula is C16H15N5. The molecule has 4 aromatic rings. The highest BCUT2D eigenvalue weighted by Gasteiger charge is 2.12. The number of hydrogen-bond donors (Lipinski definition) is 1. The van der Waals surface area contributed by atoms with Gasteiger partial charge in [0.05, 0.1) is 17.4 Å². The number of benzene rings is 1. The van der Waals surface area contributed by atoms with Gasteiger partial charge in [0.1, 0.15) is 5.82 Å². The van der Waals surface area contributed by atoms with E-state index in [2.05, 4.69) is 52.3 Å². The van der Waals surface area contributed by atoms with E-state index in [1.165, 1.54) is 11.1 Å². The van der Waals surface area contributed by atoms with Crippen LogP contribution in [0.15, 0.2) is 30.5 Å². The van der Waals surface area contributed by atoms with Crippen molar-refractivity contribution in [3.05, 3.63) is 47.4 Å². The van der Waals surface area contributed by atoms with Gasteiger partial charge in [-0.2, -0.15) is 10.2 Å². The molecule has 3 heterocycles. The average molecular weight is 277 g/mol. The molecule has 0 aliphatic heterocycles. The van der Waals surface area contributed by atoms with Crippen LogP contribution in [0.25, 0.3) is 27.8 Å². The first-order chi connectivity index (χ1) is 10.1. The lowest BCUT2D eigenvalue weighted by Gasteiger charge is -2.09. The zero-order valence-electron chi connectivity index (χ0n) is 12.2. The summed E-state index contributed by atoms with van der Waals surface area (Å²) >= 11 is 0. The number of H-pyrrole nitrogens is 1. The minimum atomic E-state index is 0.781. The summed E-state index contributed by atoms with van der Waals surface area (Å²) in [6.07, 6.45) is 1.86. The molecule has 21 heavy (non-hydrogen) atoms. The first-order valence-electron chi connectivity index (χ1n) is 6.90. The Morgan fingerprint density at radius 1 is 1.05 bits per heavy atom. The molecule has 0 bridgehead atoms. The summed E-state index contributed by atoms with van der Waals surface area (Å²) < 4.78 is 1.92. The topological polar surface area (TPSA) is 58.9 Å². The lowest BCUT2D eigenvalue weighted by atomic mass is 10.0. The van der Waals surface area contributed by atoms with Gasteiger partial charge in [-0.15, -0.1) is 0 Å². The number of aryl methyl sites for hydroxylation is 3. The van der Waals surface area contributed by atoms with Crippen LogP contribution in [0.3, 0.4) is 0 Å². The van der Waals surface area contributed by atoms with Crippen molar-refractivity contribution in [2.24, 2.45) is 0 Å². The Kier molecular flexibility index (Phi) is 2.39. The molecule has 0 amide bonds. The van der Waals surface area contributed by atoms with Crippen molar-refractivity contribution in [1.29, 1.82) is 0 Å². The monoisotopic (exact) mass is 277 g/mol. The van der Waals surface area contributed by atoms with Gasteiger partial charge in [-0.25, -0.2) is 9.50 Å². The third kappa shape index (κ3) is 1.74. The molecule has 1 N–H and O–H groups in total. The second-order valence-corrected chi connectivity index (χ2v) is 5.42. The Hall–Kier alpha value is -2.69. The minimum Gasteiger partial charge on any atom is -0.278 e. The molecule has 4 rings (SSSR count). The third-order valence-corrected chi connectivity index (χ3v) is 3.83. The summed E-state index contributed by atoms with van der Waals surface area (Å²) in [6.45, 7) is 6.10. The Labute approximate surface area is 121 Å². The highest BCUT2D eigenvalue weighted by molar-refractivity contribution is 5.87. The Morgan fingerprint density at radius 2 is 1.90 bits per heavy atom. The fourth-order valence-corrected chi connectivity index (χ4v) is 2.87. The predicted octanol–water partition coefficient (Wildman–Crippen LogP) is 3.20. The summed E-state index contributed by atoms with van der Waals surface area (Å²) in [6, 6.07) is 8.40. The molecule has 0 aliphatic rings. The fourth-order valence-electron chi connectivity index (χ4n) is 2.87. The van der Waals surface area contributed by atoms with Crippen molar-refractivity contribution in [2.75, 3.05) is 0 Å². The number of rotatable bonds is 1. The van der Waals surface area contributed by atoms with E-state index in [4.69, 9.17) is 0 Å². The summed E-state index contributed by atoms with van der Waals surface area (Å²) in [5.41, 5.74) is 6.52. The molecule has 0 saturated carbocycles. The van der Waals surface area contributed by atoms with Gasteiger partial charge in [-0.05, 0) is 50.1 Å². The quantitative estimate of drug-likeness (QED) is 0.581. The smallest absolute Gasteiger partial charge is 0.156 e. The second kappa shape index (κ2) is 4.15. The molecule has 0 atom stereocenters. The van der Waals surface area contributed by atoms with Crippen LogP contribution in [0.5, 0.6) is 0 Å². The van der Waals surface area contributed by atoms with Crippen molar-refractivity contribution < 1.29 is 0 Å². The van der Waals surface area contributed by atoms with E-state index in [1.54, 1.807) is 0 Å². The summed E-state index contributed by atoms with van der Waals surface area (Å²) in [7, 11) is 0. The van der Waals surface area contributed by atoms with Crippen LogP contribution < -0.4 is 0 Å². The minimum absolute atomic E-state index is 0.781. The summed E-state index contributed by atoms with van der Waals surface area (Å²) in [4.78, 5) is 4.45. The summed E-state index contributed by atoms with van der Waals surface area (Å²) in [5, 5.41) is 12.8. The number of hydrogen-bond acceptors (Lipinski definition) is 3. The summed E-state index contributed by atoms with van der Waals surface area (Å²) in [5.74, 6) is 0.781. The number of pyridine rings is 1. The van der Waals surface area contributed by atoms with E-state index in [1.807, 2.05) is 23.7 Å². The van der Waals surface area contributed by atoms with Crippen molar-refractivity contribution in [2.45, 2.75) is 20.8 Å². The maximum absolute atomic E-state index is 4.53. The number of nitrogens with zero attached hydrogens (tertiary/aromatic N) is 4. The maximum atomic E-state index is 4.53. The molecule has 5 nitrogen and oxygen atoms in total. The van der Waals surface area contributed by atoms with Crippen LogP contribution in [0.4, 0.5) is 0 Å². The van der Waals surface area contributed by atoms with E-state index in [0.29, 0.717) is 0 Å². The number of fused-ring (bicyclic) bond motifs is 2. The molecule has 0 fully saturated rings. The van der Waals surface area contributed by atoms with E-state index in [9.17, 15) is 0 Å². The Bertz CT molecular complexity index is 977. The SMILES string of the molecule is Cc1nc2ccc(C)c(-c3cc(C)c4[nH]ncc4c3)n2n1. The zero-order valence-corrected chi connectivity index (χ0v) is 12.2. The molecule has 0 aliphatic carbocycles. The van der Waals surface area contributed by atoms with Gasteiger partial charge < -0.3 is 0 Å². The Balaban J connectivity index is 2.09. The normalized spacial score (nSPS) is 11.6. The van der Waals surface area contributed by atoms with Gasteiger partial charge in [0.25, 0.3) is 0 Å². The maximum Gasteiger partial charge on any atom is 0.156 e. The van der Waals surface area contributed by atoms with Crippen LogP contribution in [0.1, 0.15) is 17.0 Å². The van der Waals surface area contributed by atoms with Crippen LogP contribution in [0.2, 0.25) is 0 Å². The lowest BCUT2D eigenvalue weighted by Crippen LogP contribution is -1.98. The number of aromatic amines is 1. The highest BCUT2D eigenvalue weighted by atomic mass is 15.3. The van der Waals surface area contributed by atoms with Gasteiger partial charge in [0, 0.05) is 10.9 Å². The fraction of sp³-hybridized carbons (Fsp3) is 0.188. The van der Waals surface area contributed by atoms with Gasteiger partial charge in [-0.1, -0.05) is 6.07 Å². The van der Waals surface area contributed by atoms with Gasteiger partial charge >= 0.3 is 0 Å². The predicted molar refractivity (Wildman–Crippen MR) is 82.3 cm³/mol. The van der Waals surface area contributed by atoms with E-state index in [-0.39, 0.29) is 0 Å². The van der Waals surface area contributed by atoms with Crippen molar-refractivity contribution in [3.63, 3.8) is 0 Å². The highest BCUT2D eigenvalue weighted by Crippen LogP contribution is 2.29. The van der Waals surface area contributed by atoms with E-state index < -0.39 is 0 Å². The van der Waals surface area contributed by atoms with Crippen molar-refractivity contribution >= 4 is 16.6 Å². The first kappa shape index (κ1) is 12.1. The zero-order chi connectivity index (χ0) is 14.6. The average Bonchev–Trinajstić information content (AvgIpc) is 3.04. The lowest BCUT2D eigenvalue weighted by molar-refractivity contribution is 0.931.